The maximum atomic E-state index is 5.95. The summed E-state index contributed by atoms with van der Waals surface area (Å²) < 4.78 is 5.04. The van der Waals surface area contributed by atoms with Crippen LogP contribution in [0.5, 0.6) is 0 Å². The van der Waals surface area contributed by atoms with Gasteiger partial charge in [-0.15, -0.1) is 0 Å². The van der Waals surface area contributed by atoms with Crippen molar-refractivity contribution in [2.75, 3.05) is 7.11 Å². The van der Waals surface area contributed by atoms with Crippen LogP contribution in [0.25, 0.3) is 0 Å². The minimum Gasteiger partial charge on any atom is -0.378 e. The van der Waals surface area contributed by atoms with Crippen molar-refractivity contribution in [1.29, 1.82) is 0 Å². The number of rotatable bonds is 5. The van der Waals surface area contributed by atoms with Crippen LogP contribution in [0.15, 0.2) is 35.5 Å². The quantitative estimate of drug-likeness (QED) is 0.470. The molecule has 0 saturated carbocycles. The van der Waals surface area contributed by atoms with Crippen molar-refractivity contribution in [3.63, 3.8) is 0 Å². The van der Waals surface area contributed by atoms with E-state index in [0.29, 0.717) is 16.9 Å². The van der Waals surface area contributed by atoms with Crippen LogP contribution in [0.2, 0.25) is 10.2 Å². The number of nitrogens with zero attached hydrogens (tertiary/aromatic N) is 2. The minimum atomic E-state index is 0.427. The first-order valence-electron chi connectivity index (χ1n) is 5.57. The van der Waals surface area contributed by atoms with Gasteiger partial charge in [0.25, 0.3) is 0 Å². The number of benzene rings is 1. The number of halogens is 2. The standard InChI is InChI=1S/C13H12Cl2N2OS/c1-18-7-11-6-12(15)17-13(16-11)19-8-9-2-4-10(14)5-3-9/h2-6H,7-8H2,1H3. The highest BCUT2D eigenvalue weighted by molar-refractivity contribution is 7.98. The van der Waals surface area contributed by atoms with Crippen LogP contribution < -0.4 is 0 Å². The Morgan fingerprint density at radius 2 is 1.89 bits per heavy atom. The van der Waals surface area contributed by atoms with E-state index >= 15 is 0 Å². The van der Waals surface area contributed by atoms with Crippen LogP contribution in [0.1, 0.15) is 11.3 Å². The van der Waals surface area contributed by atoms with E-state index in [-0.39, 0.29) is 0 Å². The van der Waals surface area contributed by atoms with Crippen LogP contribution >= 0.6 is 35.0 Å². The molecule has 0 amide bonds. The molecule has 0 atom stereocenters. The Hall–Kier alpha value is -0.810. The fourth-order valence-corrected chi connectivity index (χ4v) is 2.67. The van der Waals surface area contributed by atoms with Gasteiger partial charge in [0.15, 0.2) is 5.16 Å². The zero-order valence-electron chi connectivity index (χ0n) is 10.3. The summed E-state index contributed by atoms with van der Waals surface area (Å²) in [4.78, 5) is 8.56. The molecular formula is C13H12Cl2N2OS. The van der Waals surface area contributed by atoms with Gasteiger partial charge < -0.3 is 4.74 Å². The van der Waals surface area contributed by atoms with Gasteiger partial charge in [-0.1, -0.05) is 47.1 Å². The van der Waals surface area contributed by atoms with Crippen molar-refractivity contribution in [2.45, 2.75) is 17.5 Å². The molecule has 2 rings (SSSR count). The summed E-state index contributed by atoms with van der Waals surface area (Å²) in [6.45, 7) is 0.427. The number of ether oxygens (including phenoxy) is 1. The molecule has 19 heavy (non-hydrogen) atoms. The molecule has 0 radical (unpaired) electrons. The van der Waals surface area contributed by atoms with Gasteiger partial charge in [-0.2, -0.15) is 0 Å². The number of hydrogen-bond donors (Lipinski definition) is 0. The lowest BCUT2D eigenvalue weighted by molar-refractivity contribution is 0.180. The van der Waals surface area contributed by atoms with Crippen molar-refractivity contribution in [1.82, 2.24) is 9.97 Å². The molecule has 0 unspecified atom stereocenters. The average molecular weight is 315 g/mol. The third-order valence-corrected chi connectivity index (χ3v) is 3.66. The number of methoxy groups -OCH3 is 1. The normalized spacial score (nSPS) is 10.7. The molecule has 0 spiro atoms. The number of aromatic nitrogens is 2. The SMILES string of the molecule is COCc1cc(Cl)nc(SCc2ccc(Cl)cc2)n1. The largest absolute Gasteiger partial charge is 0.378 e. The van der Waals surface area contributed by atoms with Gasteiger partial charge in [-0.25, -0.2) is 9.97 Å². The Morgan fingerprint density at radius 1 is 1.16 bits per heavy atom. The maximum absolute atomic E-state index is 5.95. The molecule has 1 aromatic heterocycles. The molecule has 0 N–H and O–H groups in total. The van der Waals surface area contributed by atoms with E-state index in [1.165, 1.54) is 11.8 Å². The van der Waals surface area contributed by atoms with E-state index in [2.05, 4.69) is 9.97 Å². The predicted octanol–water partition coefficient (Wildman–Crippen LogP) is 4.22. The second kappa shape index (κ2) is 7.10. The van der Waals surface area contributed by atoms with Crippen LogP contribution in [-0.4, -0.2) is 17.1 Å². The molecule has 0 aliphatic rings. The van der Waals surface area contributed by atoms with Gasteiger partial charge in [0.2, 0.25) is 0 Å². The van der Waals surface area contributed by atoms with Crippen molar-refractivity contribution < 1.29 is 4.74 Å². The van der Waals surface area contributed by atoms with Crippen molar-refractivity contribution in [3.8, 4) is 0 Å². The summed E-state index contributed by atoms with van der Waals surface area (Å²) in [6, 6.07) is 9.41. The average Bonchev–Trinajstić information content (AvgIpc) is 2.38. The molecule has 6 heteroatoms. The van der Waals surface area contributed by atoms with Crippen molar-refractivity contribution >= 4 is 35.0 Å². The molecule has 100 valence electrons. The van der Waals surface area contributed by atoms with E-state index in [4.69, 9.17) is 27.9 Å². The fraction of sp³-hybridized carbons (Fsp3) is 0.231. The topological polar surface area (TPSA) is 35.0 Å². The molecule has 0 aliphatic carbocycles. The lowest BCUT2D eigenvalue weighted by atomic mass is 10.2. The molecule has 0 bridgehead atoms. The molecule has 1 aromatic carbocycles. The van der Waals surface area contributed by atoms with Gasteiger partial charge >= 0.3 is 0 Å². The first kappa shape index (κ1) is 14.6. The van der Waals surface area contributed by atoms with Gasteiger partial charge in [0.05, 0.1) is 12.3 Å². The second-order valence-corrected chi connectivity index (χ2v) is 5.58. The monoisotopic (exact) mass is 314 g/mol. The Labute approximate surface area is 126 Å². The molecule has 1 heterocycles. The van der Waals surface area contributed by atoms with Crippen LogP contribution in [0, 0.1) is 0 Å². The summed E-state index contributed by atoms with van der Waals surface area (Å²) >= 11 is 13.3. The van der Waals surface area contributed by atoms with Crippen LogP contribution in [0.3, 0.4) is 0 Å². The Kier molecular flexibility index (Phi) is 5.45. The van der Waals surface area contributed by atoms with E-state index in [1.54, 1.807) is 13.2 Å². The lowest BCUT2D eigenvalue weighted by Crippen LogP contribution is -1.97. The summed E-state index contributed by atoms with van der Waals surface area (Å²) in [5.41, 5.74) is 1.94. The van der Waals surface area contributed by atoms with Gasteiger partial charge in [-0.05, 0) is 23.8 Å². The molecular weight excluding hydrogens is 303 g/mol. The third kappa shape index (κ3) is 4.66. The molecule has 3 nitrogen and oxygen atoms in total. The predicted molar refractivity (Wildman–Crippen MR) is 78.8 cm³/mol. The third-order valence-electron chi connectivity index (χ3n) is 2.30. The Balaban J connectivity index is 2.04. The van der Waals surface area contributed by atoms with Crippen molar-refractivity contribution in [2.24, 2.45) is 0 Å². The summed E-state index contributed by atoms with van der Waals surface area (Å²) in [7, 11) is 1.62. The van der Waals surface area contributed by atoms with Crippen molar-refractivity contribution in [3.05, 3.63) is 51.8 Å². The molecule has 0 fully saturated rings. The van der Waals surface area contributed by atoms with E-state index in [0.717, 1.165) is 22.0 Å². The first-order chi connectivity index (χ1) is 9.17. The number of hydrogen-bond acceptors (Lipinski definition) is 4. The van der Waals surface area contributed by atoms with Gasteiger partial charge in [0.1, 0.15) is 5.15 Å². The van der Waals surface area contributed by atoms with E-state index in [1.807, 2.05) is 24.3 Å². The summed E-state index contributed by atoms with van der Waals surface area (Å²) in [5, 5.41) is 1.81. The smallest absolute Gasteiger partial charge is 0.189 e. The second-order valence-electron chi connectivity index (χ2n) is 3.81. The zero-order chi connectivity index (χ0) is 13.7. The van der Waals surface area contributed by atoms with E-state index in [9.17, 15) is 0 Å². The van der Waals surface area contributed by atoms with Crippen LogP contribution in [-0.2, 0) is 17.1 Å². The first-order valence-corrected chi connectivity index (χ1v) is 7.31. The summed E-state index contributed by atoms with van der Waals surface area (Å²) in [5.74, 6) is 0.768. The molecule has 0 saturated heterocycles. The van der Waals surface area contributed by atoms with E-state index < -0.39 is 0 Å². The molecule has 0 aliphatic heterocycles. The van der Waals surface area contributed by atoms with Gasteiger partial charge in [0, 0.05) is 17.9 Å². The van der Waals surface area contributed by atoms with Crippen LogP contribution in [0.4, 0.5) is 0 Å². The lowest BCUT2D eigenvalue weighted by Gasteiger charge is -2.04. The highest BCUT2D eigenvalue weighted by atomic mass is 35.5. The fourth-order valence-electron chi connectivity index (χ4n) is 1.46. The van der Waals surface area contributed by atoms with Gasteiger partial charge in [-0.3, -0.25) is 0 Å². The highest BCUT2D eigenvalue weighted by Gasteiger charge is 2.04. The maximum Gasteiger partial charge on any atom is 0.189 e. The number of thioether (sulfide) groups is 1. The summed E-state index contributed by atoms with van der Waals surface area (Å²) in [6.07, 6.45) is 0. The highest BCUT2D eigenvalue weighted by Crippen LogP contribution is 2.22. The Bertz CT molecular complexity index is 549. The zero-order valence-corrected chi connectivity index (χ0v) is 12.6. The minimum absolute atomic E-state index is 0.427. The molecule has 2 aromatic rings. The Morgan fingerprint density at radius 3 is 2.58 bits per heavy atom.